The lowest BCUT2D eigenvalue weighted by Gasteiger charge is -2.16. The quantitative estimate of drug-likeness (QED) is 0.503. The van der Waals surface area contributed by atoms with Crippen molar-refractivity contribution in [3.8, 4) is 0 Å². The molecule has 1 N–H and O–H groups in total. The first-order chi connectivity index (χ1) is 12.9. The van der Waals surface area contributed by atoms with Crippen LogP contribution >= 0.6 is 7.92 Å². The number of hydrogen-bond donors (Lipinski definition) is 1. The third kappa shape index (κ3) is 4.60. The molecule has 6 heteroatoms. The van der Waals surface area contributed by atoms with Crippen LogP contribution in [0.5, 0.6) is 0 Å². The molecule has 4 rings (SSSR count). The van der Waals surface area contributed by atoms with Crippen molar-refractivity contribution in [3.05, 3.63) is 67.8 Å². The molecule has 3 aromatic rings. The Hall–Kier alpha value is -1.97. The maximum atomic E-state index is 3.54. The van der Waals surface area contributed by atoms with Crippen LogP contribution in [0.3, 0.4) is 0 Å². The molecule has 0 fully saturated rings. The van der Waals surface area contributed by atoms with E-state index in [0.717, 1.165) is 39.3 Å². The molecule has 1 aliphatic rings. The minimum absolute atomic E-state index is 0.155. The molecule has 0 radical (unpaired) electrons. The van der Waals surface area contributed by atoms with Crippen molar-refractivity contribution in [1.82, 2.24) is 14.5 Å². The van der Waals surface area contributed by atoms with Crippen molar-refractivity contribution in [2.45, 2.75) is 26.2 Å². The third-order valence-corrected chi connectivity index (χ3v) is 7.47. The number of imidazole rings is 2. The Bertz CT molecular complexity index is 762. The Morgan fingerprint density at radius 3 is 1.96 bits per heavy atom. The van der Waals surface area contributed by atoms with Gasteiger partial charge in [-0.15, -0.1) is 0 Å². The standard InChI is InChI=1S/C20H28N5P/c1-2-4-20(5-3-1)26-16-14-24-12-10-22(18-24)8-6-21-7-9-23-11-13-25(19-23)15-17-26/h1-5,10-13,18-19,21H,6-9,14-17H2/q+2. The molecular weight excluding hydrogens is 341 g/mol. The molecule has 0 unspecified atom stereocenters. The second-order valence-electron chi connectivity index (χ2n) is 6.85. The second kappa shape index (κ2) is 8.61. The van der Waals surface area contributed by atoms with Crippen LogP contribution < -0.4 is 19.8 Å². The maximum Gasteiger partial charge on any atom is 0.243 e. The predicted octanol–water partition coefficient (Wildman–Crippen LogP) is 0.975. The highest BCUT2D eigenvalue weighted by molar-refractivity contribution is 7.65. The average molecular weight is 369 g/mol. The van der Waals surface area contributed by atoms with Crippen molar-refractivity contribution >= 4 is 13.2 Å². The maximum absolute atomic E-state index is 3.54. The highest BCUT2D eigenvalue weighted by Crippen LogP contribution is 2.34. The Morgan fingerprint density at radius 2 is 1.38 bits per heavy atom. The summed E-state index contributed by atoms with van der Waals surface area (Å²) < 4.78 is 9.25. The van der Waals surface area contributed by atoms with Crippen LogP contribution in [0.2, 0.25) is 0 Å². The van der Waals surface area contributed by atoms with E-state index in [4.69, 9.17) is 0 Å². The van der Waals surface area contributed by atoms with Crippen LogP contribution in [0.15, 0.2) is 67.8 Å². The van der Waals surface area contributed by atoms with Crippen molar-refractivity contribution in [1.29, 1.82) is 0 Å². The zero-order valence-corrected chi connectivity index (χ0v) is 16.1. The highest BCUT2D eigenvalue weighted by Gasteiger charge is 2.15. The zero-order chi connectivity index (χ0) is 17.6. The zero-order valence-electron chi connectivity index (χ0n) is 15.2. The van der Waals surface area contributed by atoms with Gasteiger partial charge in [-0.05, 0) is 5.30 Å². The van der Waals surface area contributed by atoms with E-state index in [9.17, 15) is 0 Å². The monoisotopic (exact) mass is 369 g/mol. The van der Waals surface area contributed by atoms with Gasteiger partial charge in [0, 0.05) is 25.4 Å². The summed E-state index contributed by atoms with van der Waals surface area (Å²) in [4.78, 5) is 0. The fourth-order valence-electron chi connectivity index (χ4n) is 3.43. The molecule has 26 heavy (non-hydrogen) atoms. The van der Waals surface area contributed by atoms with Gasteiger partial charge in [0.1, 0.15) is 37.9 Å². The summed E-state index contributed by atoms with van der Waals surface area (Å²) in [5.74, 6) is 0. The predicted molar refractivity (Wildman–Crippen MR) is 105 cm³/mol. The smallest absolute Gasteiger partial charge is 0.243 e. The lowest BCUT2D eigenvalue weighted by atomic mass is 10.4. The van der Waals surface area contributed by atoms with Crippen molar-refractivity contribution in [3.63, 3.8) is 0 Å². The Kier molecular flexibility index (Phi) is 5.78. The van der Waals surface area contributed by atoms with Gasteiger partial charge >= 0.3 is 0 Å². The van der Waals surface area contributed by atoms with Gasteiger partial charge < -0.3 is 5.32 Å². The lowest BCUT2D eigenvalue weighted by Crippen LogP contribution is -2.41. The molecule has 4 bridgehead atoms. The number of nitrogens with zero attached hydrogens (tertiary/aromatic N) is 4. The summed E-state index contributed by atoms with van der Waals surface area (Å²) in [6.45, 7) is 6.23. The van der Waals surface area contributed by atoms with E-state index in [-0.39, 0.29) is 7.92 Å². The van der Waals surface area contributed by atoms with E-state index in [1.54, 1.807) is 0 Å². The minimum atomic E-state index is -0.155. The Morgan fingerprint density at radius 1 is 0.808 bits per heavy atom. The summed E-state index contributed by atoms with van der Waals surface area (Å²) in [5.41, 5.74) is 0. The van der Waals surface area contributed by atoms with Gasteiger partial charge in [0.15, 0.2) is 0 Å². The SMILES string of the molecule is c1ccc(P2CCn3cc[n+](c3)CCNCC[n+]3ccn(c3)CC2)cc1. The van der Waals surface area contributed by atoms with Gasteiger partial charge in [0.25, 0.3) is 0 Å². The molecule has 3 heterocycles. The van der Waals surface area contributed by atoms with Crippen LogP contribution in [0.1, 0.15) is 0 Å². The normalized spacial score (nSPS) is 17.2. The number of aryl methyl sites for hydroxylation is 2. The van der Waals surface area contributed by atoms with E-state index in [1.807, 2.05) is 0 Å². The van der Waals surface area contributed by atoms with E-state index in [1.165, 1.54) is 17.6 Å². The molecule has 0 spiro atoms. The molecule has 136 valence electrons. The molecule has 0 aliphatic carbocycles. The van der Waals surface area contributed by atoms with Crippen LogP contribution in [0.4, 0.5) is 0 Å². The van der Waals surface area contributed by atoms with Crippen molar-refractivity contribution in [2.75, 3.05) is 25.4 Å². The molecular formula is C20H28N5P+2. The fourth-order valence-corrected chi connectivity index (χ4v) is 5.71. The number of rotatable bonds is 1. The van der Waals surface area contributed by atoms with E-state index in [2.05, 4.69) is 91.4 Å². The molecule has 2 aromatic heterocycles. The number of benzene rings is 1. The molecule has 0 saturated carbocycles. The van der Waals surface area contributed by atoms with Crippen LogP contribution in [0.25, 0.3) is 0 Å². The Balaban J connectivity index is 1.52. The topological polar surface area (TPSA) is 29.6 Å². The first kappa shape index (κ1) is 17.4. The number of aromatic nitrogens is 4. The largest absolute Gasteiger partial charge is 0.309 e. The molecule has 1 aliphatic heterocycles. The molecule has 0 atom stereocenters. The number of hydrogen-bond acceptors (Lipinski definition) is 1. The molecule has 0 amide bonds. The van der Waals surface area contributed by atoms with Crippen LogP contribution in [0, 0.1) is 0 Å². The van der Waals surface area contributed by atoms with Crippen molar-refractivity contribution < 1.29 is 9.13 Å². The third-order valence-electron chi connectivity index (χ3n) is 4.96. The second-order valence-corrected chi connectivity index (χ2v) is 9.34. The summed E-state index contributed by atoms with van der Waals surface area (Å²) in [6.07, 6.45) is 15.8. The van der Waals surface area contributed by atoms with Crippen LogP contribution in [-0.2, 0) is 26.2 Å². The summed E-state index contributed by atoms with van der Waals surface area (Å²) in [7, 11) is -0.155. The minimum Gasteiger partial charge on any atom is -0.309 e. The summed E-state index contributed by atoms with van der Waals surface area (Å²) in [5, 5.41) is 5.06. The average Bonchev–Trinajstić information content (AvgIpc) is 3.31. The van der Waals surface area contributed by atoms with Gasteiger partial charge in [0.2, 0.25) is 12.7 Å². The van der Waals surface area contributed by atoms with Crippen molar-refractivity contribution in [2.24, 2.45) is 0 Å². The molecule has 5 nitrogen and oxygen atoms in total. The van der Waals surface area contributed by atoms with Crippen LogP contribution in [-0.4, -0.2) is 34.5 Å². The van der Waals surface area contributed by atoms with E-state index in [0.29, 0.717) is 0 Å². The van der Waals surface area contributed by atoms with E-state index >= 15 is 0 Å². The van der Waals surface area contributed by atoms with E-state index < -0.39 is 0 Å². The Labute approximate surface area is 156 Å². The summed E-state index contributed by atoms with van der Waals surface area (Å²) in [6, 6.07) is 11.1. The number of fused-ring (bicyclic) bond motifs is 4. The van der Waals surface area contributed by atoms with Gasteiger partial charge in [-0.2, -0.15) is 0 Å². The van der Waals surface area contributed by atoms with Gasteiger partial charge in [-0.1, -0.05) is 38.3 Å². The highest BCUT2D eigenvalue weighted by atomic mass is 31.1. The molecule has 1 aromatic carbocycles. The first-order valence-corrected chi connectivity index (χ1v) is 11.2. The van der Waals surface area contributed by atoms with Gasteiger partial charge in [-0.25, -0.2) is 18.3 Å². The van der Waals surface area contributed by atoms with Gasteiger partial charge in [0.05, 0.1) is 13.1 Å². The summed E-state index contributed by atoms with van der Waals surface area (Å²) >= 11 is 0. The first-order valence-electron chi connectivity index (χ1n) is 9.47. The molecule has 0 saturated heterocycles. The fraction of sp³-hybridized carbons (Fsp3) is 0.400. The lowest BCUT2D eigenvalue weighted by molar-refractivity contribution is -0.698. The van der Waals surface area contributed by atoms with Gasteiger partial charge in [-0.3, -0.25) is 0 Å². The number of nitrogens with one attached hydrogen (secondary N) is 1.